The topological polar surface area (TPSA) is 71.9 Å². The maximum absolute atomic E-state index is 8.51. The van der Waals surface area contributed by atoms with E-state index in [1.807, 2.05) is 6.92 Å². The van der Waals surface area contributed by atoms with Crippen molar-refractivity contribution in [3.05, 3.63) is 11.7 Å². The maximum Gasteiger partial charge on any atom is 0.229 e. The van der Waals surface area contributed by atoms with E-state index in [-0.39, 0.29) is 11.8 Å². The Kier molecular flexibility index (Phi) is 3.52. The number of hydrogen-bond donors (Lipinski definition) is 0. The molecule has 0 saturated carbocycles. The number of nitriles is 1. The fourth-order valence-electron chi connectivity index (χ4n) is 1.76. The third-order valence-electron chi connectivity index (χ3n) is 2.86. The van der Waals surface area contributed by atoms with Crippen molar-refractivity contribution in [1.82, 2.24) is 10.1 Å². The Morgan fingerprint density at radius 3 is 3.19 bits per heavy atom. The molecule has 0 aromatic carbocycles. The van der Waals surface area contributed by atoms with Crippen molar-refractivity contribution in [2.45, 2.75) is 38.0 Å². The van der Waals surface area contributed by atoms with Gasteiger partial charge in [-0.1, -0.05) is 12.1 Å². The minimum Gasteiger partial charge on any atom is -0.381 e. The number of aromatic nitrogens is 2. The molecule has 1 aromatic rings. The molecule has 1 aliphatic rings. The molecule has 0 amide bonds. The Bertz CT molecular complexity index is 377. The van der Waals surface area contributed by atoms with Crippen LogP contribution in [0.3, 0.4) is 0 Å². The first-order chi connectivity index (χ1) is 7.81. The molecule has 2 unspecified atom stereocenters. The molecule has 0 aliphatic carbocycles. The van der Waals surface area contributed by atoms with Crippen molar-refractivity contribution >= 4 is 0 Å². The Labute approximate surface area is 94.4 Å². The predicted octanol–water partition coefficient (Wildman–Crippen LogP) is 1.98. The molecule has 0 spiro atoms. The van der Waals surface area contributed by atoms with Crippen LogP contribution in [0.4, 0.5) is 0 Å². The van der Waals surface area contributed by atoms with Gasteiger partial charge >= 0.3 is 0 Å². The van der Waals surface area contributed by atoms with E-state index in [0.717, 1.165) is 25.3 Å². The smallest absolute Gasteiger partial charge is 0.229 e. The van der Waals surface area contributed by atoms with E-state index < -0.39 is 0 Å². The van der Waals surface area contributed by atoms with Gasteiger partial charge in [0.1, 0.15) is 0 Å². The van der Waals surface area contributed by atoms with Gasteiger partial charge in [-0.25, -0.2) is 0 Å². The van der Waals surface area contributed by atoms with E-state index in [2.05, 4.69) is 16.2 Å². The lowest BCUT2D eigenvalue weighted by Crippen LogP contribution is -2.01. The summed E-state index contributed by atoms with van der Waals surface area (Å²) < 4.78 is 10.5. The van der Waals surface area contributed by atoms with E-state index in [1.54, 1.807) is 0 Å². The van der Waals surface area contributed by atoms with E-state index in [4.69, 9.17) is 14.5 Å². The minimum absolute atomic E-state index is 0.156. The molecule has 1 saturated heterocycles. The van der Waals surface area contributed by atoms with Crippen molar-refractivity contribution in [3.63, 3.8) is 0 Å². The van der Waals surface area contributed by atoms with E-state index in [9.17, 15) is 0 Å². The summed E-state index contributed by atoms with van der Waals surface area (Å²) in [6.07, 6.45) is 2.25. The van der Waals surface area contributed by atoms with Crippen LogP contribution in [0.5, 0.6) is 0 Å². The van der Waals surface area contributed by atoms with Crippen LogP contribution in [0.15, 0.2) is 4.52 Å². The fourth-order valence-corrected chi connectivity index (χ4v) is 1.76. The van der Waals surface area contributed by atoms with Gasteiger partial charge in [0.2, 0.25) is 5.89 Å². The monoisotopic (exact) mass is 221 g/mol. The second kappa shape index (κ2) is 5.08. The molecular weight excluding hydrogens is 206 g/mol. The largest absolute Gasteiger partial charge is 0.381 e. The van der Waals surface area contributed by atoms with E-state index >= 15 is 0 Å². The third kappa shape index (κ3) is 2.39. The SMILES string of the molecule is CC(CCC#N)c1nc(C2CCOC2)no1. The quantitative estimate of drug-likeness (QED) is 0.777. The van der Waals surface area contributed by atoms with Gasteiger partial charge < -0.3 is 9.26 Å². The molecule has 0 N–H and O–H groups in total. The summed E-state index contributed by atoms with van der Waals surface area (Å²) in [6.45, 7) is 3.46. The second-order valence-electron chi connectivity index (χ2n) is 4.15. The molecular formula is C11H15N3O2. The fraction of sp³-hybridized carbons (Fsp3) is 0.727. The molecule has 0 bridgehead atoms. The van der Waals surface area contributed by atoms with Gasteiger partial charge in [-0.3, -0.25) is 0 Å². The van der Waals surface area contributed by atoms with Crippen molar-refractivity contribution in [2.75, 3.05) is 13.2 Å². The second-order valence-corrected chi connectivity index (χ2v) is 4.15. The maximum atomic E-state index is 8.51. The number of rotatable bonds is 4. The van der Waals surface area contributed by atoms with Gasteiger partial charge in [0.25, 0.3) is 0 Å². The Morgan fingerprint density at radius 2 is 2.50 bits per heavy atom. The molecule has 1 fully saturated rings. The van der Waals surface area contributed by atoms with Crippen LogP contribution >= 0.6 is 0 Å². The Morgan fingerprint density at radius 1 is 1.62 bits per heavy atom. The van der Waals surface area contributed by atoms with Crippen molar-refractivity contribution < 1.29 is 9.26 Å². The van der Waals surface area contributed by atoms with Crippen LogP contribution < -0.4 is 0 Å². The molecule has 1 aliphatic heterocycles. The molecule has 2 atom stereocenters. The molecule has 2 rings (SSSR count). The van der Waals surface area contributed by atoms with E-state index in [1.165, 1.54) is 0 Å². The van der Waals surface area contributed by atoms with Gasteiger partial charge in [-0.2, -0.15) is 10.2 Å². The zero-order valence-electron chi connectivity index (χ0n) is 9.35. The Hall–Kier alpha value is -1.41. The molecule has 0 radical (unpaired) electrons. The lowest BCUT2D eigenvalue weighted by molar-refractivity contribution is 0.192. The Balaban J connectivity index is 1.98. The van der Waals surface area contributed by atoms with Crippen LogP contribution in [0.25, 0.3) is 0 Å². The lowest BCUT2D eigenvalue weighted by Gasteiger charge is -2.01. The first-order valence-electron chi connectivity index (χ1n) is 5.59. The molecule has 16 heavy (non-hydrogen) atoms. The predicted molar refractivity (Wildman–Crippen MR) is 55.7 cm³/mol. The van der Waals surface area contributed by atoms with Crippen LogP contribution in [-0.4, -0.2) is 23.4 Å². The zero-order valence-corrected chi connectivity index (χ0v) is 9.35. The van der Waals surface area contributed by atoms with Crippen molar-refractivity contribution in [3.8, 4) is 6.07 Å². The van der Waals surface area contributed by atoms with Gasteiger partial charge in [0, 0.05) is 24.9 Å². The summed E-state index contributed by atoms with van der Waals surface area (Å²) in [5.41, 5.74) is 0. The highest BCUT2D eigenvalue weighted by Gasteiger charge is 2.24. The minimum atomic E-state index is 0.156. The highest BCUT2D eigenvalue weighted by molar-refractivity contribution is 5.00. The molecule has 86 valence electrons. The normalized spacial score (nSPS) is 21.9. The van der Waals surface area contributed by atoms with Gasteiger partial charge in [-0.15, -0.1) is 0 Å². The molecule has 5 nitrogen and oxygen atoms in total. The van der Waals surface area contributed by atoms with Crippen LogP contribution in [0.2, 0.25) is 0 Å². The average Bonchev–Trinajstić information content (AvgIpc) is 2.94. The van der Waals surface area contributed by atoms with Gasteiger partial charge in [0.05, 0.1) is 12.7 Å². The molecule has 2 heterocycles. The van der Waals surface area contributed by atoms with E-state index in [0.29, 0.717) is 18.9 Å². The molecule has 1 aromatic heterocycles. The van der Waals surface area contributed by atoms with Crippen LogP contribution in [0, 0.1) is 11.3 Å². The third-order valence-corrected chi connectivity index (χ3v) is 2.86. The highest BCUT2D eigenvalue weighted by Crippen LogP contribution is 2.25. The first-order valence-corrected chi connectivity index (χ1v) is 5.59. The summed E-state index contributed by atoms with van der Waals surface area (Å²) in [4.78, 5) is 4.38. The number of nitrogens with zero attached hydrogens (tertiary/aromatic N) is 3. The number of ether oxygens (including phenoxy) is 1. The average molecular weight is 221 g/mol. The lowest BCUT2D eigenvalue weighted by atomic mass is 10.1. The van der Waals surface area contributed by atoms with Gasteiger partial charge in [-0.05, 0) is 12.8 Å². The zero-order chi connectivity index (χ0) is 11.4. The summed E-state index contributed by atoms with van der Waals surface area (Å²) in [5, 5.41) is 12.5. The highest BCUT2D eigenvalue weighted by atomic mass is 16.5. The van der Waals surface area contributed by atoms with Crippen LogP contribution in [-0.2, 0) is 4.74 Å². The summed E-state index contributed by atoms with van der Waals surface area (Å²) in [5.74, 6) is 1.82. The van der Waals surface area contributed by atoms with Crippen molar-refractivity contribution in [2.24, 2.45) is 0 Å². The molecule has 5 heteroatoms. The summed E-state index contributed by atoms with van der Waals surface area (Å²) >= 11 is 0. The standard InChI is InChI=1S/C11H15N3O2/c1-8(3-2-5-12)11-13-10(14-16-11)9-4-6-15-7-9/h8-9H,2-4,6-7H2,1H3. The summed E-state index contributed by atoms with van der Waals surface area (Å²) in [6, 6.07) is 2.12. The van der Waals surface area contributed by atoms with Gasteiger partial charge in [0.15, 0.2) is 5.82 Å². The summed E-state index contributed by atoms with van der Waals surface area (Å²) in [7, 11) is 0. The number of hydrogen-bond acceptors (Lipinski definition) is 5. The van der Waals surface area contributed by atoms with Crippen molar-refractivity contribution in [1.29, 1.82) is 5.26 Å². The van der Waals surface area contributed by atoms with Crippen LogP contribution in [0.1, 0.15) is 49.7 Å². The first kappa shape index (κ1) is 11.1.